The minimum atomic E-state index is -0.0783. The smallest absolute Gasteiger partial charge is 0.234 e. The Bertz CT molecular complexity index is 948. The molecule has 29 heavy (non-hydrogen) atoms. The van der Waals surface area contributed by atoms with Crippen LogP contribution in [0.15, 0.2) is 40.9 Å². The maximum atomic E-state index is 12.3. The van der Waals surface area contributed by atoms with Gasteiger partial charge < -0.3 is 14.6 Å². The Balaban J connectivity index is 1.68. The summed E-state index contributed by atoms with van der Waals surface area (Å²) in [5.74, 6) is 2.31. The Kier molecular flexibility index (Phi) is 7.33. The van der Waals surface area contributed by atoms with Crippen LogP contribution >= 0.6 is 23.1 Å². The van der Waals surface area contributed by atoms with E-state index in [2.05, 4.69) is 52.3 Å². The summed E-state index contributed by atoms with van der Waals surface area (Å²) in [5, 5.41) is 14.6. The van der Waals surface area contributed by atoms with Crippen molar-refractivity contribution in [3.8, 4) is 17.1 Å². The van der Waals surface area contributed by atoms with Crippen LogP contribution in [-0.4, -0.2) is 33.5 Å². The second kappa shape index (κ2) is 9.93. The van der Waals surface area contributed by atoms with E-state index >= 15 is 0 Å². The van der Waals surface area contributed by atoms with Crippen LogP contribution in [0.25, 0.3) is 11.4 Å². The highest BCUT2D eigenvalue weighted by Gasteiger charge is 2.17. The molecule has 0 radical (unpaired) electrons. The van der Waals surface area contributed by atoms with Gasteiger partial charge in [-0.1, -0.05) is 32.5 Å². The summed E-state index contributed by atoms with van der Waals surface area (Å²) in [7, 11) is 1.62. The molecule has 1 aromatic carbocycles. The maximum absolute atomic E-state index is 12.3. The molecule has 154 valence electrons. The Labute approximate surface area is 179 Å². The fraction of sp³-hybridized carbons (Fsp3) is 0.381. The largest absolute Gasteiger partial charge is 0.497 e. The van der Waals surface area contributed by atoms with Gasteiger partial charge in [-0.15, -0.1) is 21.5 Å². The van der Waals surface area contributed by atoms with E-state index in [0.717, 1.165) is 40.9 Å². The third-order valence-electron chi connectivity index (χ3n) is 4.32. The summed E-state index contributed by atoms with van der Waals surface area (Å²) in [6, 6.07) is 9.47. The average Bonchev–Trinajstić information content (AvgIpc) is 3.34. The van der Waals surface area contributed by atoms with Crippen LogP contribution in [0, 0.1) is 0 Å². The molecule has 0 aliphatic heterocycles. The number of ether oxygens (including phenoxy) is 1. The maximum Gasteiger partial charge on any atom is 0.234 e. The number of thioether (sulfide) groups is 1. The number of thiophene rings is 1. The molecule has 1 amide bonds. The molecular formula is C21H26N4O2S2. The quantitative estimate of drug-likeness (QED) is 0.468. The van der Waals surface area contributed by atoms with Crippen LogP contribution in [0.1, 0.15) is 38.0 Å². The van der Waals surface area contributed by atoms with Gasteiger partial charge in [0.15, 0.2) is 11.0 Å². The number of amides is 1. The summed E-state index contributed by atoms with van der Waals surface area (Å²) in [6.45, 7) is 7.32. The second-order valence-corrected chi connectivity index (χ2v) is 8.80. The Morgan fingerprint density at radius 3 is 2.66 bits per heavy atom. The molecule has 0 unspecified atom stereocenters. The zero-order valence-corrected chi connectivity index (χ0v) is 18.8. The number of rotatable bonds is 9. The molecule has 0 saturated heterocycles. The minimum Gasteiger partial charge on any atom is -0.497 e. The molecule has 3 rings (SSSR count). The zero-order chi connectivity index (χ0) is 20.8. The number of nitrogens with zero attached hydrogens (tertiary/aromatic N) is 3. The highest BCUT2D eigenvalue weighted by molar-refractivity contribution is 7.99. The Hall–Kier alpha value is -2.32. The first kappa shape index (κ1) is 21.4. The lowest BCUT2D eigenvalue weighted by Gasteiger charge is -2.09. The van der Waals surface area contributed by atoms with Crippen molar-refractivity contribution < 1.29 is 9.53 Å². The van der Waals surface area contributed by atoms with Gasteiger partial charge in [-0.3, -0.25) is 4.79 Å². The molecule has 8 heteroatoms. The molecule has 0 bridgehead atoms. The Morgan fingerprint density at radius 2 is 2.03 bits per heavy atom. The van der Waals surface area contributed by atoms with Crippen LogP contribution in [0.5, 0.6) is 5.75 Å². The fourth-order valence-corrected chi connectivity index (χ4v) is 4.48. The number of hydrogen-bond donors (Lipinski definition) is 1. The molecule has 3 aromatic rings. The van der Waals surface area contributed by atoms with Gasteiger partial charge in [0.25, 0.3) is 0 Å². The monoisotopic (exact) mass is 430 g/mol. The summed E-state index contributed by atoms with van der Waals surface area (Å²) in [5.41, 5.74) is 1.83. The van der Waals surface area contributed by atoms with E-state index in [9.17, 15) is 4.79 Å². The van der Waals surface area contributed by atoms with Crippen LogP contribution in [0.4, 0.5) is 5.69 Å². The van der Waals surface area contributed by atoms with Crippen molar-refractivity contribution in [3.63, 3.8) is 0 Å². The van der Waals surface area contributed by atoms with E-state index < -0.39 is 0 Å². The number of methoxy groups -OCH3 is 1. The van der Waals surface area contributed by atoms with Crippen LogP contribution < -0.4 is 10.1 Å². The standard InChI is InChI=1S/C21H26N4O2S2/c1-5-10-25-20(15-11-18(14(2)3)28-12-15)23-24-21(25)29-13-19(26)22-16-6-8-17(27-4)9-7-16/h6-9,11-12,14H,5,10,13H2,1-4H3,(H,22,26). The molecule has 0 atom stereocenters. The van der Waals surface area contributed by atoms with Crippen molar-refractivity contribution in [1.29, 1.82) is 0 Å². The normalized spacial score (nSPS) is 11.1. The first-order valence-electron chi connectivity index (χ1n) is 9.60. The van der Waals surface area contributed by atoms with E-state index in [0.29, 0.717) is 5.92 Å². The summed E-state index contributed by atoms with van der Waals surface area (Å²) in [6.07, 6.45) is 0.970. The zero-order valence-electron chi connectivity index (χ0n) is 17.1. The van der Waals surface area contributed by atoms with Gasteiger partial charge in [0.1, 0.15) is 5.75 Å². The number of carbonyl (C=O) groups excluding carboxylic acids is 1. The topological polar surface area (TPSA) is 69.0 Å². The fourth-order valence-electron chi connectivity index (χ4n) is 2.81. The lowest BCUT2D eigenvalue weighted by Crippen LogP contribution is -2.14. The van der Waals surface area contributed by atoms with Gasteiger partial charge in [0, 0.05) is 28.1 Å². The molecule has 6 nitrogen and oxygen atoms in total. The molecule has 0 fully saturated rings. The number of aromatic nitrogens is 3. The molecule has 2 heterocycles. The first-order chi connectivity index (χ1) is 14.0. The van der Waals surface area contributed by atoms with Gasteiger partial charge in [-0.2, -0.15) is 0 Å². The van der Waals surface area contributed by atoms with Crippen molar-refractivity contribution in [2.45, 2.75) is 44.8 Å². The molecule has 0 saturated carbocycles. The Morgan fingerprint density at radius 1 is 1.28 bits per heavy atom. The van der Waals surface area contributed by atoms with Crippen LogP contribution in [-0.2, 0) is 11.3 Å². The number of nitrogens with one attached hydrogen (secondary N) is 1. The summed E-state index contributed by atoms with van der Waals surface area (Å²) >= 11 is 3.16. The van der Waals surface area contributed by atoms with Crippen molar-refractivity contribution in [3.05, 3.63) is 40.6 Å². The molecular weight excluding hydrogens is 404 g/mol. The number of benzene rings is 1. The second-order valence-electron chi connectivity index (χ2n) is 6.92. The first-order valence-corrected chi connectivity index (χ1v) is 11.5. The predicted molar refractivity (Wildman–Crippen MR) is 120 cm³/mol. The van der Waals surface area contributed by atoms with Crippen LogP contribution in [0.3, 0.4) is 0 Å². The molecule has 0 aliphatic rings. The van der Waals surface area contributed by atoms with Gasteiger partial charge in [-0.25, -0.2) is 0 Å². The SMILES string of the molecule is CCCn1c(SCC(=O)Nc2ccc(OC)cc2)nnc1-c1csc(C(C)C)c1. The highest BCUT2D eigenvalue weighted by atomic mass is 32.2. The lowest BCUT2D eigenvalue weighted by molar-refractivity contribution is -0.113. The summed E-state index contributed by atoms with van der Waals surface area (Å²) < 4.78 is 7.24. The summed E-state index contributed by atoms with van der Waals surface area (Å²) in [4.78, 5) is 13.7. The lowest BCUT2D eigenvalue weighted by atomic mass is 10.1. The van der Waals surface area contributed by atoms with E-state index in [1.54, 1.807) is 18.4 Å². The van der Waals surface area contributed by atoms with Crippen molar-refractivity contribution in [2.75, 3.05) is 18.2 Å². The minimum absolute atomic E-state index is 0.0783. The number of anilines is 1. The van der Waals surface area contributed by atoms with Crippen molar-refractivity contribution in [1.82, 2.24) is 14.8 Å². The molecule has 0 aliphatic carbocycles. The van der Waals surface area contributed by atoms with E-state index in [1.165, 1.54) is 16.6 Å². The molecule has 1 N–H and O–H groups in total. The molecule has 2 aromatic heterocycles. The average molecular weight is 431 g/mol. The van der Waals surface area contributed by atoms with Gasteiger partial charge in [0.05, 0.1) is 12.9 Å². The van der Waals surface area contributed by atoms with Gasteiger partial charge >= 0.3 is 0 Å². The van der Waals surface area contributed by atoms with Gasteiger partial charge in [-0.05, 0) is 42.7 Å². The van der Waals surface area contributed by atoms with Gasteiger partial charge in [0.2, 0.25) is 5.91 Å². The number of hydrogen-bond acceptors (Lipinski definition) is 6. The van der Waals surface area contributed by atoms with E-state index in [1.807, 2.05) is 24.3 Å². The van der Waals surface area contributed by atoms with E-state index in [-0.39, 0.29) is 11.7 Å². The molecule has 0 spiro atoms. The van der Waals surface area contributed by atoms with Crippen LogP contribution in [0.2, 0.25) is 0 Å². The van der Waals surface area contributed by atoms with Crippen molar-refractivity contribution >= 4 is 34.7 Å². The van der Waals surface area contributed by atoms with Crippen molar-refractivity contribution in [2.24, 2.45) is 0 Å². The number of carbonyl (C=O) groups is 1. The van der Waals surface area contributed by atoms with E-state index in [4.69, 9.17) is 4.74 Å². The predicted octanol–water partition coefficient (Wildman–Crippen LogP) is 5.28. The third-order valence-corrected chi connectivity index (χ3v) is 6.52. The highest BCUT2D eigenvalue weighted by Crippen LogP contribution is 2.31. The third kappa shape index (κ3) is 5.39.